The van der Waals surface area contributed by atoms with Crippen molar-refractivity contribution in [1.29, 1.82) is 0 Å². The van der Waals surface area contributed by atoms with E-state index in [4.69, 9.17) is 16.3 Å². The van der Waals surface area contributed by atoms with E-state index in [9.17, 15) is 0 Å². The molecule has 0 saturated heterocycles. The third-order valence-corrected chi connectivity index (χ3v) is 2.98. The lowest BCUT2D eigenvalue weighted by Crippen LogP contribution is -2.17. The fraction of sp³-hybridized carbons (Fsp3) is 0.538. The lowest BCUT2D eigenvalue weighted by molar-refractivity contribution is 0.0792. The zero-order valence-electron chi connectivity index (χ0n) is 9.45. The average Bonchev–Trinajstić information content (AvgIpc) is 2.25. The molecule has 0 N–H and O–H groups in total. The molecule has 0 heterocycles. The highest BCUT2D eigenvalue weighted by atomic mass is 35.5. The third kappa shape index (κ3) is 4.67. The summed E-state index contributed by atoms with van der Waals surface area (Å²) >= 11 is 5.86. The third-order valence-electron chi connectivity index (χ3n) is 2.58. The van der Waals surface area contributed by atoms with Gasteiger partial charge in [0.25, 0.3) is 0 Å². The topological polar surface area (TPSA) is 9.23 Å². The fourth-order valence-electron chi connectivity index (χ4n) is 1.32. The first-order valence-electron chi connectivity index (χ1n) is 5.41. The molecule has 0 spiro atoms. The Labute approximate surface area is 97.4 Å². The molecule has 0 radical (unpaired) electrons. The molecular formula is C13H19ClO. The summed E-state index contributed by atoms with van der Waals surface area (Å²) in [5, 5.41) is 0. The maximum Gasteiger partial charge on any atom is 0.0717 e. The summed E-state index contributed by atoms with van der Waals surface area (Å²) in [6.45, 7) is 5.79. The molecule has 0 aliphatic rings. The monoisotopic (exact) mass is 226 g/mol. The van der Waals surface area contributed by atoms with Gasteiger partial charge in [-0.15, -0.1) is 11.6 Å². The van der Waals surface area contributed by atoms with E-state index in [-0.39, 0.29) is 0 Å². The highest BCUT2D eigenvalue weighted by Crippen LogP contribution is 2.13. The molecule has 0 unspecified atom stereocenters. The van der Waals surface area contributed by atoms with Gasteiger partial charge in [0, 0.05) is 5.88 Å². The Morgan fingerprint density at radius 3 is 2.40 bits per heavy atom. The molecule has 84 valence electrons. The zero-order chi connectivity index (χ0) is 11.1. The first-order valence-corrected chi connectivity index (χ1v) is 5.95. The second-order valence-corrected chi connectivity index (χ2v) is 4.47. The summed E-state index contributed by atoms with van der Waals surface area (Å²) in [6, 6.07) is 10.2. The van der Waals surface area contributed by atoms with Gasteiger partial charge in [-0.2, -0.15) is 0 Å². The number of alkyl halides is 1. The van der Waals surface area contributed by atoms with Crippen LogP contribution in [0.1, 0.15) is 19.4 Å². The summed E-state index contributed by atoms with van der Waals surface area (Å²) in [5.74, 6) is 1.71. The van der Waals surface area contributed by atoms with E-state index >= 15 is 0 Å². The second kappa shape index (κ2) is 6.86. The summed E-state index contributed by atoms with van der Waals surface area (Å²) in [5.41, 5.74) is 1.22. The molecule has 0 amide bonds. The zero-order valence-corrected chi connectivity index (χ0v) is 10.2. The maximum atomic E-state index is 5.86. The predicted molar refractivity (Wildman–Crippen MR) is 65.1 cm³/mol. The Hall–Kier alpha value is -0.530. The van der Waals surface area contributed by atoms with Gasteiger partial charge in [-0.25, -0.2) is 0 Å². The van der Waals surface area contributed by atoms with Gasteiger partial charge >= 0.3 is 0 Å². The molecule has 1 rings (SSSR count). The normalized spacial score (nSPS) is 13.1. The van der Waals surface area contributed by atoms with Crippen molar-refractivity contribution in [3.63, 3.8) is 0 Å². The number of hydrogen-bond donors (Lipinski definition) is 0. The molecular weight excluding hydrogens is 208 g/mol. The van der Waals surface area contributed by atoms with Crippen LogP contribution in [0.2, 0.25) is 0 Å². The smallest absolute Gasteiger partial charge is 0.0717 e. The minimum absolute atomic E-state index is 0.454. The molecule has 0 aliphatic heterocycles. The number of hydrogen-bond acceptors (Lipinski definition) is 1. The van der Waals surface area contributed by atoms with Crippen LogP contribution < -0.4 is 0 Å². The minimum atomic E-state index is 0.454. The maximum absolute atomic E-state index is 5.86. The Kier molecular flexibility index (Phi) is 5.74. The van der Waals surface area contributed by atoms with Crippen LogP contribution in [0.3, 0.4) is 0 Å². The standard InChI is InChI=1S/C13H19ClO/c1-11(2)13(8-14)10-15-9-12-6-4-3-5-7-12/h3-7,11,13H,8-10H2,1-2H3/t13-/m0/s1. The van der Waals surface area contributed by atoms with Gasteiger partial charge in [-0.3, -0.25) is 0 Å². The average molecular weight is 227 g/mol. The molecule has 1 atom stereocenters. The van der Waals surface area contributed by atoms with Crippen molar-refractivity contribution >= 4 is 11.6 Å². The van der Waals surface area contributed by atoms with Gasteiger partial charge in [0.2, 0.25) is 0 Å². The molecule has 1 aromatic rings. The van der Waals surface area contributed by atoms with Gasteiger partial charge in [-0.1, -0.05) is 44.2 Å². The summed E-state index contributed by atoms with van der Waals surface area (Å²) in [4.78, 5) is 0. The molecule has 0 aliphatic carbocycles. The Morgan fingerprint density at radius 1 is 1.20 bits per heavy atom. The number of ether oxygens (including phenoxy) is 1. The Bertz CT molecular complexity index is 258. The van der Waals surface area contributed by atoms with Crippen LogP contribution in [0.25, 0.3) is 0 Å². The minimum Gasteiger partial charge on any atom is -0.376 e. The van der Waals surface area contributed by atoms with Crippen molar-refractivity contribution in [2.24, 2.45) is 11.8 Å². The van der Waals surface area contributed by atoms with Crippen LogP contribution in [0.4, 0.5) is 0 Å². The van der Waals surface area contributed by atoms with E-state index in [1.165, 1.54) is 5.56 Å². The molecule has 2 heteroatoms. The summed E-state index contributed by atoms with van der Waals surface area (Å²) in [6.07, 6.45) is 0. The van der Waals surface area contributed by atoms with Crippen LogP contribution in [0.15, 0.2) is 30.3 Å². The summed E-state index contributed by atoms with van der Waals surface area (Å²) < 4.78 is 5.65. The molecule has 15 heavy (non-hydrogen) atoms. The van der Waals surface area contributed by atoms with E-state index < -0.39 is 0 Å². The first-order chi connectivity index (χ1) is 7.24. The molecule has 0 saturated carbocycles. The predicted octanol–water partition coefficient (Wildman–Crippen LogP) is 3.71. The van der Waals surface area contributed by atoms with Crippen molar-refractivity contribution in [3.8, 4) is 0 Å². The van der Waals surface area contributed by atoms with Crippen molar-refractivity contribution in [1.82, 2.24) is 0 Å². The van der Waals surface area contributed by atoms with Gasteiger partial charge in [0.1, 0.15) is 0 Å². The molecule has 0 bridgehead atoms. The fourth-order valence-corrected chi connectivity index (χ4v) is 1.76. The first kappa shape index (κ1) is 12.5. The van der Waals surface area contributed by atoms with Crippen molar-refractivity contribution in [2.75, 3.05) is 12.5 Å². The molecule has 1 nitrogen and oxygen atoms in total. The quantitative estimate of drug-likeness (QED) is 0.672. The van der Waals surface area contributed by atoms with Gasteiger partial charge in [0.15, 0.2) is 0 Å². The molecule has 0 aromatic heterocycles. The van der Waals surface area contributed by atoms with Crippen molar-refractivity contribution in [3.05, 3.63) is 35.9 Å². The van der Waals surface area contributed by atoms with Crippen LogP contribution in [0.5, 0.6) is 0 Å². The van der Waals surface area contributed by atoms with Crippen LogP contribution in [0, 0.1) is 11.8 Å². The number of rotatable bonds is 6. The van der Waals surface area contributed by atoms with Crippen molar-refractivity contribution in [2.45, 2.75) is 20.5 Å². The van der Waals surface area contributed by atoms with E-state index in [0.29, 0.717) is 24.3 Å². The lowest BCUT2D eigenvalue weighted by Gasteiger charge is -2.17. The highest BCUT2D eigenvalue weighted by molar-refractivity contribution is 6.18. The van der Waals surface area contributed by atoms with Gasteiger partial charge in [-0.05, 0) is 17.4 Å². The van der Waals surface area contributed by atoms with E-state index in [0.717, 1.165) is 6.61 Å². The summed E-state index contributed by atoms with van der Waals surface area (Å²) in [7, 11) is 0. The van der Waals surface area contributed by atoms with Crippen LogP contribution in [-0.2, 0) is 11.3 Å². The van der Waals surface area contributed by atoms with E-state index in [2.05, 4.69) is 26.0 Å². The molecule has 0 fully saturated rings. The van der Waals surface area contributed by atoms with Crippen molar-refractivity contribution < 1.29 is 4.74 Å². The van der Waals surface area contributed by atoms with Crippen LogP contribution >= 0.6 is 11.6 Å². The SMILES string of the molecule is CC(C)[C@@H](CCl)COCc1ccccc1. The Balaban J connectivity index is 2.27. The van der Waals surface area contributed by atoms with Crippen LogP contribution in [-0.4, -0.2) is 12.5 Å². The molecule has 1 aromatic carbocycles. The van der Waals surface area contributed by atoms with Gasteiger partial charge < -0.3 is 4.74 Å². The van der Waals surface area contributed by atoms with Gasteiger partial charge in [0.05, 0.1) is 13.2 Å². The highest BCUT2D eigenvalue weighted by Gasteiger charge is 2.11. The van der Waals surface area contributed by atoms with E-state index in [1.807, 2.05) is 18.2 Å². The Morgan fingerprint density at radius 2 is 1.87 bits per heavy atom. The number of benzene rings is 1. The van der Waals surface area contributed by atoms with E-state index in [1.54, 1.807) is 0 Å². The largest absolute Gasteiger partial charge is 0.376 e. The second-order valence-electron chi connectivity index (χ2n) is 4.16. The lowest BCUT2D eigenvalue weighted by atomic mass is 9.99. The number of halogens is 1.